The summed E-state index contributed by atoms with van der Waals surface area (Å²) >= 11 is 3.04. The SMILES string of the molecule is O=C1/C(=C/c2cc(Br)cc(C(F)(F)F)c2)Cc2cc(O)c(O)cc21. The average Bonchev–Trinajstić information content (AvgIpc) is 2.74. The van der Waals surface area contributed by atoms with Crippen molar-refractivity contribution in [3.8, 4) is 11.5 Å². The number of carbonyl (C=O) groups excluding carboxylic acids is 1. The summed E-state index contributed by atoms with van der Waals surface area (Å²) in [4.78, 5) is 12.3. The van der Waals surface area contributed by atoms with Crippen molar-refractivity contribution in [1.82, 2.24) is 0 Å². The Morgan fingerprint density at radius 1 is 1.04 bits per heavy atom. The van der Waals surface area contributed by atoms with E-state index in [-0.39, 0.29) is 33.6 Å². The molecule has 0 bridgehead atoms. The smallest absolute Gasteiger partial charge is 0.416 e. The third kappa shape index (κ3) is 3.03. The van der Waals surface area contributed by atoms with Gasteiger partial charge in [0.25, 0.3) is 0 Å². The molecule has 3 nitrogen and oxygen atoms in total. The Morgan fingerprint density at radius 2 is 1.71 bits per heavy atom. The van der Waals surface area contributed by atoms with Crippen molar-refractivity contribution < 1.29 is 28.2 Å². The first-order valence-corrected chi connectivity index (χ1v) is 7.62. The largest absolute Gasteiger partial charge is 0.504 e. The Hall–Kier alpha value is -2.28. The molecule has 0 atom stereocenters. The summed E-state index contributed by atoms with van der Waals surface area (Å²) in [6, 6.07) is 5.85. The van der Waals surface area contributed by atoms with Crippen LogP contribution < -0.4 is 0 Å². The van der Waals surface area contributed by atoms with Gasteiger partial charge in [0, 0.05) is 22.0 Å². The molecule has 1 aliphatic rings. The molecular weight excluding hydrogens is 389 g/mol. The van der Waals surface area contributed by atoms with Gasteiger partial charge in [-0.2, -0.15) is 13.2 Å². The van der Waals surface area contributed by atoms with E-state index in [4.69, 9.17) is 0 Å². The zero-order valence-electron chi connectivity index (χ0n) is 12.0. The van der Waals surface area contributed by atoms with Crippen LogP contribution in [-0.2, 0) is 12.6 Å². The molecule has 3 rings (SSSR count). The van der Waals surface area contributed by atoms with Crippen LogP contribution in [0.15, 0.2) is 40.4 Å². The topological polar surface area (TPSA) is 57.5 Å². The van der Waals surface area contributed by atoms with Crippen LogP contribution in [0.1, 0.15) is 27.0 Å². The molecule has 1 aliphatic carbocycles. The molecule has 0 unspecified atom stereocenters. The van der Waals surface area contributed by atoms with Gasteiger partial charge in [-0.15, -0.1) is 0 Å². The third-order valence-electron chi connectivity index (χ3n) is 3.71. The first kappa shape index (κ1) is 16.6. The van der Waals surface area contributed by atoms with Crippen molar-refractivity contribution in [1.29, 1.82) is 0 Å². The van der Waals surface area contributed by atoms with Gasteiger partial charge in [0.1, 0.15) is 0 Å². The van der Waals surface area contributed by atoms with Crippen molar-refractivity contribution in [3.63, 3.8) is 0 Å². The molecule has 0 saturated heterocycles. The van der Waals surface area contributed by atoms with Gasteiger partial charge in [-0.25, -0.2) is 0 Å². The van der Waals surface area contributed by atoms with Gasteiger partial charge in [-0.1, -0.05) is 15.9 Å². The van der Waals surface area contributed by atoms with Gasteiger partial charge >= 0.3 is 6.18 Å². The fraction of sp³-hybridized carbons (Fsp3) is 0.118. The van der Waals surface area contributed by atoms with Gasteiger partial charge in [0.2, 0.25) is 0 Å². The van der Waals surface area contributed by atoms with Gasteiger partial charge in [-0.05, 0) is 47.5 Å². The Kier molecular flexibility index (Phi) is 3.91. The number of rotatable bonds is 1. The number of Topliss-reactive ketones (excluding diaryl/α,β-unsaturated/α-hetero) is 1. The Bertz CT molecular complexity index is 885. The minimum absolute atomic E-state index is 0.176. The molecular formula is C17H10BrF3O3. The van der Waals surface area contributed by atoms with Crippen molar-refractivity contribution in [2.24, 2.45) is 0 Å². The molecule has 0 radical (unpaired) electrons. The number of carbonyl (C=O) groups is 1. The first-order valence-electron chi connectivity index (χ1n) is 6.83. The summed E-state index contributed by atoms with van der Waals surface area (Å²) in [5.74, 6) is -1.14. The molecule has 0 fully saturated rings. The molecule has 0 aromatic heterocycles. The number of alkyl halides is 3. The van der Waals surface area contributed by atoms with Gasteiger partial charge in [0.05, 0.1) is 5.56 Å². The van der Waals surface area contributed by atoms with E-state index >= 15 is 0 Å². The van der Waals surface area contributed by atoms with E-state index in [9.17, 15) is 28.2 Å². The number of ketones is 1. The Morgan fingerprint density at radius 3 is 2.38 bits per heavy atom. The molecule has 2 N–H and O–H groups in total. The van der Waals surface area contributed by atoms with Crippen LogP contribution in [0.4, 0.5) is 13.2 Å². The number of hydrogen-bond donors (Lipinski definition) is 2. The van der Waals surface area contributed by atoms with Crippen LogP contribution in [0.25, 0.3) is 6.08 Å². The molecule has 0 spiro atoms. The minimum atomic E-state index is -4.49. The number of halogens is 4. The fourth-order valence-corrected chi connectivity index (χ4v) is 3.12. The van der Waals surface area contributed by atoms with E-state index in [1.165, 1.54) is 18.2 Å². The predicted octanol–water partition coefficient (Wildman–Crippen LogP) is 4.70. The van der Waals surface area contributed by atoms with Crippen LogP contribution in [0, 0.1) is 0 Å². The lowest BCUT2D eigenvalue weighted by molar-refractivity contribution is -0.137. The first-order chi connectivity index (χ1) is 11.1. The monoisotopic (exact) mass is 398 g/mol. The quantitative estimate of drug-likeness (QED) is 0.540. The molecule has 7 heteroatoms. The lowest BCUT2D eigenvalue weighted by atomic mass is 10.1. The highest BCUT2D eigenvalue weighted by Crippen LogP contribution is 2.37. The van der Waals surface area contributed by atoms with Crippen molar-refractivity contribution in [2.45, 2.75) is 12.6 Å². The Labute approximate surface area is 143 Å². The van der Waals surface area contributed by atoms with Crippen LogP contribution in [0.3, 0.4) is 0 Å². The highest BCUT2D eigenvalue weighted by Gasteiger charge is 2.31. The number of benzene rings is 2. The van der Waals surface area contributed by atoms with E-state index in [0.29, 0.717) is 11.1 Å². The second-order valence-corrected chi connectivity index (χ2v) is 6.36. The summed E-state index contributed by atoms with van der Waals surface area (Å²) in [5, 5.41) is 19.0. The number of aromatic hydroxyl groups is 2. The average molecular weight is 399 g/mol. The van der Waals surface area contributed by atoms with E-state index in [0.717, 1.165) is 18.2 Å². The fourth-order valence-electron chi connectivity index (χ4n) is 2.61. The van der Waals surface area contributed by atoms with Crippen LogP contribution in [0.2, 0.25) is 0 Å². The number of phenolic OH excluding ortho intramolecular Hbond substituents is 2. The second kappa shape index (κ2) is 5.66. The number of fused-ring (bicyclic) bond motifs is 1. The summed E-state index contributed by atoms with van der Waals surface area (Å²) in [6.07, 6.45) is -2.93. The normalized spacial score (nSPS) is 15.8. The maximum Gasteiger partial charge on any atom is 0.416 e. The van der Waals surface area contributed by atoms with E-state index in [1.54, 1.807) is 0 Å². The molecule has 2 aromatic carbocycles. The van der Waals surface area contributed by atoms with Gasteiger partial charge < -0.3 is 10.2 Å². The predicted molar refractivity (Wildman–Crippen MR) is 84.9 cm³/mol. The molecule has 0 amide bonds. The lowest BCUT2D eigenvalue weighted by Gasteiger charge is -2.08. The van der Waals surface area contributed by atoms with Crippen LogP contribution in [-0.4, -0.2) is 16.0 Å². The van der Waals surface area contributed by atoms with E-state index in [2.05, 4.69) is 15.9 Å². The summed E-state index contributed by atoms with van der Waals surface area (Å²) < 4.78 is 38.9. The highest BCUT2D eigenvalue weighted by molar-refractivity contribution is 9.10. The summed E-state index contributed by atoms with van der Waals surface area (Å²) in [5.41, 5.74) is 0.472. The number of allylic oxidation sites excluding steroid dienone is 1. The third-order valence-corrected chi connectivity index (χ3v) is 4.16. The standard InChI is InChI=1S/C17H10BrF3O3/c18-12-3-8(2-11(6-12)17(19,20)21)1-10-4-9-5-14(22)15(23)7-13(9)16(10)24/h1-3,5-7,22-23H,4H2/b10-1+. The second-order valence-electron chi connectivity index (χ2n) is 5.44. The van der Waals surface area contributed by atoms with Gasteiger partial charge in [0.15, 0.2) is 17.3 Å². The van der Waals surface area contributed by atoms with Crippen LogP contribution in [0.5, 0.6) is 11.5 Å². The maximum absolute atomic E-state index is 12.9. The molecule has 0 aliphatic heterocycles. The molecule has 2 aromatic rings. The van der Waals surface area contributed by atoms with Crippen molar-refractivity contribution >= 4 is 27.8 Å². The molecule has 24 heavy (non-hydrogen) atoms. The summed E-state index contributed by atoms with van der Waals surface area (Å²) in [7, 11) is 0. The zero-order chi connectivity index (χ0) is 17.6. The van der Waals surface area contributed by atoms with E-state index in [1.807, 2.05) is 0 Å². The van der Waals surface area contributed by atoms with Crippen LogP contribution >= 0.6 is 15.9 Å². The number of phenols is 2. The highest BCUT2D eigenvalue weighted by atomic mass is 79.9. The molecule has 124 valence electrons. The maximum atomic E-state index is 12.9. The van der Waals surface area contributed by atoms with Gasteiger partial charge in [-0.3, -0.25) is 4.79 Å². The van der Waals surface area contributed by atoms with Crippen molar-refractivity contribution in [3.05, 3.63) is 62.6 Å². The lowest BCUT2D eigenvalue weighted by Crippen LogP contribution is -2.05. The number of hydrogen-bond acceptors (Lipinski definition) is 3. The Balaban J connectivity index is 2.02. The molecule has 0 heterocycles. The van der Waals surface area contributed by atoms with E-state index < -0.39 is 17.5 Å². The molecule has 0 saturated carbocycles. The minimum Gasteiger partial charge on any atom is -0.504 e. The summed E-state index contributed by atoms with van der Waals surface area (Å²) in [6.45, 7) is 0. The zero-order valence-corrected chi connectivity index (χ0v) is 13.6. The van der Waals surface area contributed by atoms with Crippen molar-refractivity contribution in [2.75, 3.05) is 0 Å².